The number of hydrogen-bond acceptors (Lipinski definition) is 5. The number of benzene rings is 2. The van der Waals surface area contributed by atoms with Gasteiger partial charge in [0.25, 0.3) is 5.91 Å². The predicted molar refractivity (Wildman–Crippen MR) is 147 cm³/mol. The molecule has 0 radical (unpaired) electrons. The SMILES string of the molecule is Cc1c(N2CCCC(N)C2)nc2ccc(Br)cc2c1C(=O)NCC(CCC(=O)O)c1ccccc1Cl. The van der Waals surface area contributed by atoms with Crippen molar-refractivity contribution >= 4 is 56.1 Å². The fourth-order valence-corrected chi connectivity index (χ4v) is 5.55. The molecular weight excluding hydrogens is 544 g/mol. The van der Waals surface area contributed by atoms with Crippen molar-refractivity contribution < 1.29 is 14.7 Å². The smallest absolute Gasteiger partial charge is 0.303 e. The summed E-state index contributed by atoms with van der Waals surface area (Å²) in [6.07, 6.45) is 2.29. The number of carbonyl (C=O) groups excluding carboxylic acids is 1. The minimum absolute atomic E-state index is 0.0186. The normalized spacial score (nSPS) is 16.7. The molecule has 1 aromatic heterocycles. The van der Waals surface area contributed by atoms with Gasteiger partial charge < -0.3 is 21.1 Å². The van der Waals surface area contributed by atoms with Crippen LogP contribution in [0, 0.1) is 6.92 Å². The summed E-state index contributed by atoms with van der Waals surface area (Å²) < 4.78 is 0.855. The molecule has 36 heavy (non-hydrogen) atoms. The van der Waals surface area contributed by atoms with E-state index < -0.39 is 5.97 Å². The zero-order valence-electron chi connectivity index (χ0n) is 20.1. The molecule has 1 aliphatic heterocycles. The number of rotatable bonds is 8. The number of anilines is 1. The molecule has 7 nitrogen and oxygen atoms in total. The Hall–Kier alpha value is -2.68. The van der Waals surface area contributed by atoms with Crippen molar-refractivity contribution in [2.24, 2.45) is 5.73 Å². The highest BCUT2D eigenvalue weighted by Gasteiger charge is 2.25. The van der Waals surface area contributed by atoms with Crippen LogP contribution in [0.3, 0.4) is 0 Å². The van der Waals surface area contributed by atoms with Crippen molar-refractivity contribution in [3.05, 3.63) is 68.7 Å². The highest BCUT2D eigenvalue weighted by Crippen LogP contribution is 2.32. The van der Waals surface area contributed by atoms with Crippen LogP contribution in [0.1, 0.15) is 53.1 Å². The van der Waals surface area contributed by atoms with Gasteiger partial charge in [0.15, 0.2) is 0 Å². The first kappa shape index (κ1) is 26.4. The van der Waals surface area contributed by atoms with Gasteiger partial charge in [0.05, 0.1) is 11.1 Å². The maximum atomic E-state index is 13.7. The number of pyridine rings is 1. The van der Waals surface area contributed by atoms with Gasteiger partial charge in [-0.2, -0.15) is 0 Å². The lowest BCUT2D eigenvalue weighted by atomic mass is 9.93. The Morgan fingerprint density at radius 3 is 2.81 bits per heavy atom. The number of piperidine rings is 1. The highest BCUT2D eigenvalue weighted by atomic mass is 79.9. The second kappa shape index (κ2) is 11.6. The number of halogens is 2. The number of carboxylic acid groups (broad SMARTS) is 1. The monoisotopic (exact) mass is 572 g/mol. The minimum atomic E-state index is -0.886. The van der Waals surface area contributed by atoms with Gasteiger partial charge in [0, 0.05) is 58.5 Å². The Balaban J connectivity index is 1.68. The van der Waals surface area contributed by atoms with Crippen LogP contribution in [0.5, 0.6) is 0 Å². The molecule has 0 spiro atoms. The number of hydrogen-bond donors (Lipinski definition) is 3. The highest BCUT2D eigenvalue weighted by molar-refractivity contribution is 9.10. The van der Waals surface area contributed by atoms with Crippen molar-refractivity contribution in [1.29, 1.82) is 0 Å². The summed E-state index contributed by atoms with van der Waals surface area (Å²) >= 11 is 9.94. The molecule has 2 atom stereocenters. The van der Waals surface area contributed by atoms with Crippen LogP contribution in [-0.2, 0) is 4.79 Å². The summed E-state index contributed by atoms with van der Waals surface area (Å²) in [7, 11) is 0. The van der Waals surface area contributed by atoms with Crippen molar-refractivity contribution in [1.82, 2.24) is 10.3 Å². The third-order valence-corrected chi connectivity index (χ3v) is 7.55. The first-order chi connectivity index (χ1) is 17.2. The molecule has 0 saturated carbocycles. The summed E-state index contributed by atoms with van der Waals surface area (Å²) in [6, 6.07) is 13.2. The molecule has 1 amide bonds. The van der Waals surface area contributed by atoms with E-state index in [1.54, 1.807) is 6.07 Å². The Bertz CT molecular complexity index is 1290. The van der Waals surface area contributed by atoms with Crippen molar-refractivity contribution in [3.63, 3.8) is 0 Å². The van der Waals surface area contributed by atoms with Gasteiger partial charge in [-0.05, 0) is 56.0 Å². The molecule has 190 valence electrons. The van der Waals surface area contributed by atoms with E-state index >= 15 is 0 Å². The van der Waals surface area contributed by atoms with Crippen LogP contribution in [0.2, 0.25) is 5.02 Å². The van der Waals surface area contributed by atoms with Gasteiger partial charge >= 0.3 is 5.97 Å². The second-order valence-corrected chi connectivity index (χ2v) is 10.6. The van der Waals surface area contributed by atoms with Gasteiger partial charge in [-0.1, -0.05) is 45.7 Å². The summed E-state index contributed by atoms with van der Waals surface area (Å²) in [5.41, 5.74) is 9.15. The topological polar surface area (TPSA) is 109 Å². The maximum Gasteiger partial charge on any atom is 0.303 e. The average molecular weight is 574 g/mol. The molecule has 4 rings (SSSR count). The number of amides is 1. The molecule has 3 aromatic rings. The van der Waals surface area contributed by atoms with Crippen molar-refractivity contribution in [2.75, 3.05) is 24.5 Å². The molecule has 2 unspecified atom stereocenters. The van der Waals surface area contributed by atoms with Crippen LogP contribution in [0.15, 0.2) is 46.9 Å². The lowest BCUT2D eigenvalue weighted by Crippen LogP contribution is -2.43. The third kappa shape index (κ3) is 5.99. The van der Waals surface area contributed by atoms with E-state index in [0.717, 1.165) is 51.7 Å². The molecule has 0 aliphatic carbocycles. The van der Waals surface area contributed by atoms with Crippen LogP contribution in [0.25, 0.3) is 10.9 Å². The van der Waals surface area contributed by atoms with Gasteiger partial charge in [-0.15, -0.1) is 0 Å². The lowest BCUT2D eigenvalue weighted by Gasteiger charge is -2.33. The predicted octanol–water partition coefficient (Wildman–Crippen LogP) is 5.27. The number of fused-ring (bicyclic) bond motifs is 1. The molecule has 1 saturated heterocycles. The number of nitrogens with zero attached hydrogens (tertiary/aromatic N) is 2. The van der Waals surface area contributed by atoms with E-state index in [1.165, 1.54) is 0 Å². The van der Waals surface area contributed by atoms with Gasteiger partial charge in [-0.25, -0.2) is 4.98 Å². The number of aliphatic carboxylic acids is 1. The Morgan fingerprint density at radius 2 is 2.08 bits per heavy atom. The van der Waals surface area contributed by atoms with E-state index in [4.69, 9.17) is 22.3 Å². The van der Waals surface area contributed by atoms with E-state index in [2.05, 4.69) is 26.1 Å². The number of aromatic nitrogens is 1. The Kier molecular flexibility index (Phi) is 8.49. The van der Waals surface area contributed by atoms with E-state index in [1.807, 2.05) is 43.3 Å². The quantitative estimate of drug-likeness (QED) is 0.339. The third-order valence-electron chi connectivity index (χ3n) is 6.71. The van der Waals surface area contributed by atoms with Crippen LogP contribution < -0.4 is 16.0 Å². The van der Waals surface area contributed by atoms with Gasteiger partial charge in [0.1, 0.15) is 5.82 Å². The van der Waals surface area contributed by atoms with Crippen LogP contribution in [-0.4, -0.2) is 47.6 Å². The largest absolute Gasteiger partial charge is 0.481 e. The van der Waals surface area contributed by atoms with Crippen molar-refractivity contribution in [3.8, 4) is 0 Å². The van der Waals surface area contributed by atoms with Gasteiger partial charge in [0.2, 0.25) is 0 Å². The average Bonchev–Trinajstić information content (AvgIpc) is 2.84. The number of nitrogens with one attached hydrogen (secondary N) is 1. The second-order valence-electron chi connectivity index (χ2n) is 9.31. The molecule has 1 aliphatic rings. The Morgan fingerprint density at radius 1 is 1.31 bits per heavy atom. The van der Waals surface area contributed by atoms with E-state index in [9.17, 15) is 14.7 Å². The molecule has 0 bridgehead atoms. The van der Waals surface area contributed by atoms with E-state index in [0.29, 0.717) is 23.6 Å². The van der Waals surface area contributed by atoms with Crippen LogP contribution >= 0.6 is 27.5 Å². The first-order valence-electron chi connectivity index (χ1n) is 12.1. The lowest BCUT2D eigenvalue weighted by molar-refractivity contribution is -0.137. The summed E-state index contributed by atoms with van der Waals surface area (Å²) in [4.78, 5) is 32.0. The zero-order valence-corrected chi connectivity index (χ0v) is 22.5. The van der Waals surface area contributed by atoms with Gasteiger partial charge in [-0.3, -0.25) is 9.59 Å². The fraction of sp³-hybridized carbons (Fsp3) is 0.370. The summed E-state index contributed by atoms with van der Waals surface area (Å²) in [6.45, 7) is 3.72. The molecule has 1 fully saturated rings. The summed E-state index contributed by atoms with van der Waals surface area (Å²) in [5, 5.41) is 13.6. The molecule has 4 N–H and O–H groups in total. The Labute approximate surface area is 224 Å². The molecule has 2 aromatic carbocycles. The van der Waals surface area contributed by atoms with Crippen molar-refractivity contribution in [2.45, 2.75) is 44.6 Å². The number of carbonyl (C=O) groups is 2. The van der Waals surface area contributed by atoms with Crippen LogP contribution in [0.4, 0.5) is 5.82 Å². The minimum Gasteiger partial charge on any atom is -0.481 e. The molecule has 2 heterocycles. The standard InChI is InChI=1S/C27H30BrClN4O3/c1-16-25(27(36)31-14-17(8-11-24(34)35)20-6-2-3-7-22(20)29)21-13-18(28)9-10-23(21)32-26(16)33-12-4-5-19(30)15-33/h2-3,6-7,9-10,13,17,19H,4-5,8,11-12,14-15,30H2,1H3,(H,31,36)(H,34,35). The molecular formula is C27H30BrClN4O3. The number of carboxylic acids is 1. The first-order valence-corrected chi connectivity index (χ1v) is 13.3. The summed E-state index contributed by atoms with van der Waals surface area (Å²) in [5.74, 6) is -0.575. The zero-order chi connectivity index (χ0) is 25.8. The number of nitrogens with two attached hydrogens (primary N) is 1. The van der Waals surface area contributed by atoms with E-state index in [-0.39, 0.29) is 30.8 Å². The maximum absolute atomic E-state index is 13.7. The fourth-order valence-electron chi connectivity index (χ4n) is 4.90. The molecule has 9 heteroatoms.